The molecule has 0 bridgehead atoms. The Morgan fingerprint density at radius 2 is 1.68 bits per heavy atom. The van der Waals surface area contributed by atoms with Gasteiger partial charge in [-0.25, -0.2) is 0 Å². The summed E-state index contributed by atoms with van der Waals surface area (Å²) >= 11 is 0. The van der Waals surface area contributed by atoms with Gasteiger partial charge in [0.15, 0.2) is 0 Å². The van der Waals surface area contributed by atoms with Crippen LogP contribution in [0.3, 0.4) is 0 Å². The number of methoxy groups -OCH3 is 1. The first kappa shape index (κ1) is 22.0. The van der Waals surface area contributed by atoms with Crippen molar-refractivity contribution in [1.29, 1.82) is 0 Å². The number of carbonyl (C=O) groups excluding carboxylic acids is 2. The highest BCUT2D eigenvalue weighted by atomic mass is 16.5. The topological polar surface area (TPSA) is 71.5 Å². The summed E-state index contributed by atoms with van der Waals surface area (Å²) in [5, 5.41) is 2.91. The molecule has 160 valence electrons. The predicted molar refractivity (Wildman–Crippen MR) is 119 cm³/mol. The molecule has 3 rings (SSSR count). The van der Waals surface area contributed by atoms with Gasteiger partial charge in [-0.2, -0.15) is 0 Å². The first-order valence-corrected chi connectivity index (χ1v) is 10.2. The molecule has 0 saturated heterocycles. The lowest BCUT2D eigenvalue weighted by Crippen LogP contribution is -2.48. The maximum Gasteiger partial charge on any atom is 0.242 e. The highest BCUT2D eigenvalue weighted by Crippen LogP contribution is 2.16. The van der Waals surface area contributed by atoms with E-state index in [1.165, 1.54) is 0 Å². The molecule has 1 aromatic heterocycles. The summed E-state index contributed by atoms with van der Waals surface area (Å²) in [5.74, 6) is 0.429. The van der Waals surface area contributed by atoms with Crippen molar-refractivity contribution in [3.05, 3.63) is 95.8 Å². The second-order valence-corrected chi connectivity index (χ2v) is 7.29. The van der Waals surface area contributed by atoms with Crippen LogP contribution in [0.2, 0.25) is 0 Å². The maximum atomic E-state index is 13.2. The lowest BCUT2D eigenvalue weighted by molar-refractivity contribution is -0.140. The van der Waals surface area contributed by atoms with Crippen LogP contribution < -0.4 is 10.1 Å². The zero-order valence-electron chi connectivity index (χ0n) is 17.8. The average molecular weight is 418 g/mol. The van der Waals surface area contributed by atoms with Crippen LogP contribution in [0.4, 0.5) is 0 Å². The summed E-state index contributed by atoms with van der Waals surface area (Å²) in [6, 6.07) is 20.1. The number of rotatable bonds is 9. The number of nitrogens with one attached hydrogen (secondary N) is 1. The standard InChI is InChI=1S/C25H27N3O3/c1-19(25(30)27-17-22-9-6-14-26-16-22)28(18-21-10-12-23(31-2)13-11-21)24(29)15-20-7-4-3-5-8-20/h3-14,16,19H,15,17-18H2,1-2H3,(H,27,30). The van der Waals surface area contributed by atoms with Gasteiger partial charge in [-0.15, -0.1) is 0 Å². The van der Waals surface area contributed by atoms with Crippen molar-refractivity contribution in [3.63, 3.8) is 0 Å². The molecule has 6 nitrogen and oxygen atoms in total. The third kappa shape index (κ3) is 6.40. The molecule has 0 fully saturated rings. The van der Waals surface area contributed by atoms with Crippen molar-refractivity contribution in [2.24, 2.45) is 0 Å². The molecule has 0 aliphatic heterocycles. The molecule has 1 unspecified atom stereocenters. The lowest BCUT2D eigenvalue weighted by atomic mass is 10.1. The number of pyridine rings is 1. The molecular weight excluding hydrogens is 390 g/mol. The second kappa shape index (κ2) is 10.9. The monoisotopic (exact) mass is 417 g/mol. The number of hydrogen-bond acceptors (Lipinski definition) is 4. The zero-order chi connectivity index (χ0) is 22.1. The molecule has 0 aliphatic rings. The minimum Gasteiger partial charge on any atom is -0.497 e. The third-order valence-electron chi connectivity index (χ3n) is 5.07. The van der Waals surface area contributed by atoms with Crippen molar-refractivity contribution >= 4 is 11.8 Å². The number of nitrogens with zero attached hydrogens (tertiary/aromatic N) is 2. The minimum atomic E-state index is -0.630. The Bertz CT molecular complexity index is 976. The smallest absolute Gasteiger partial charge is 0.242 e. The maximum absolute atomic E-state index is 13.2. The molecule has 6 heteroatoms. The quantitative estimate of drug-likeness (QED) is 0.580. The van der Waals surface area contributed by atoms with E-state index in [1.807, 2.05) is 66.7 Å². The van der Waals surface area contributed by atoms with E-state index in [-0.39, 0.29) is 18.2 Å². The summed E-state index contributed by atoms with van der Waals surface area (Å²) in [5.41, 5.74) is 2.74. The summed E-state index contributed by atoms with van der Waals surface area (Å²) in [4.78, 5) is 31.7. The molecule has 2 amide bonds. The van der Waals surface area contributed by atoms with Crippen molar-refractivity contribution < 1.29 is 14.3 Å². The Hall–Kier alpha value is -3.67. The molecule has 31 heavy (non-hydrogen) atoms. The van der Waals surface area contributed by atoms with Crippen molar-refractivity contribution in [2.45, 2.75) is 32.5 Å². The van der Waals surface area contributed by atoms with Crippen molar-refractivity contribution in [2.75, 3.05) is 7.11 Å². The van der Waals surface area contributed by atoms with Gasteiger partial charge in [0.05, 0.1) is 13.5 Å². The van der Waals surface area contributed by atoms with E-state index in [9.17, 15) is 9.59 Å². The summed E-state index contributed by atoms with van der Waals surface area (Å²) in [7, 11) is 1.61. The van der Waals surface area contributed by atoms with Gasteiger partial charge >= 0.3 is 0 Å². The van der Waals surface area contributed by atoms with Gasteiger partial charge in [0.2, 0.25) is 11.8 Å². The highest BCUT2D eigenvalue weighted by molar-refractivity contribution is 5.88. The molecule has 0 spiro atoms. The summed E-state index contributed by atoms with van der Waals surface area (Å²) in [6.07, 6.45) is 3.63. The Kier molecular flexibility index (Phi) is 7.76. The van der Waals surface area contributed by atoms with Crippen LogP contribution in [0.5, 0.6) is 5.75 Å². The van der Waals surface area contributed by atoms with Crippen LogP contribution in [0.25, 0.3) is 0 Å². The van der Waals surface area contributed by atoms with Gasteiger partial charge in [-0.1, -0.05) is 48.5 Å². The van der Waals surface area contributed by atoms with E-state index in [4.69, 9.17) is 4.74 Å². The third-order valence-corrected chi connectivity index (χ3v) is 5.07. The number of benzene rings is 2. The second-order valence-electron chi connectivity index (χ2n) is 7.29. The molecule has 0 radical (unpaired) electrons. The van der Waals surface area contributed by atoms with E-state index in [2.05, 4.69) is 10.3 Å². The van der Waals surface area contributed by atoms with Crippen LogP contribution in [0.15, 0.2) is 79.1 Å². The van der Waals surface area contributed by atoms with E-state index < -0.39 is 6.04 Å². The van der Waals surface area contributed by atoms with Gasteiger partial charge < -0.3 is 15.0 Å². The Labute approximate surface area is 182 Å². The average Bonchev–Trinajstić information content (AvgIpc) is 2.82. The fraction of sp³-hybridized carbons (Fsp3) is 0.240. The highest BCUT2D eigenvalue weighted by Gasteiger charge is 2.26. The SMILES string of the molecule is COc1ccc(CN(C(=O)Cc2ccccc2)C(C)C(=O)NCc2cccnc2)cc1. The molecule has 1 N–H and O–H groups in total. The first-order valence-electron chi connectivity index (χ1n) is 10.2. The lowest BCUT2D eigenvalue weighted by Gasteiger charge is -2.29. The largest absolute Gasteiger partial charge is 0.497 e. The van der Waals surface area contributed by atoms with Crippen molar-refractivity contribution in [1.82, 2.24) is 15.2 Å². The zero-order valence-corrected chi connectivity index (χ0v) is 17.8. The molecule has 0 saturated carbocycles. The van der Waals surface area contributed by atoms with Gasteiger partial charge in [0, 0.05) is 25.5 Å². The number of aromatic nitrogens is 1. The molecule has 1 atom stereocenters. The van der Waals surface area contributed by atoms with Gasteiger partial charge in [-0.3, -0.25) is 14.6 Å². The summed E-state index contributed by atoms with van der Waals surface area (Å²) < 4.78 is 5.21. The number of amides is 2. The Morgan fingerprint density at radius 1 is 0.968 bits per heavy atom. The summed E-state index contributed by atoms with van der Waals surface area (Å²) in [6.45, 7) is 2.45. The molecule has 3 aromatic rings. The minimum absolute atomic E-state index is 0.106. The number of carbonyl (C=O) groups is 2. The number of hydrogen-bond donors (Lipinski definition) is 1. The van der Waals surface area contributed by atoms with E-state index in [1.54, 1.807) is 31.3 Å². The van der Waals surface area contributed by atoms with E-state index in [0.29, 0.717) is 13.1 Å². The Morgan fingerprint density at radius 3 is 2.32 bits per heavy atom. The van der Waals surface area contributed by atoms with Gasteiger partial charge in [0.25, 0.3) is 0 Å². The van der Waals surface area contributed by atoms with Crippen molar-refractivity contribution in [3.8, 4) is 5.75 Å². The van der Waals surface area contributed by atoms with Crippen LogP contribution in [0, 0.1) is 0 Å². The first-order chi connectivity index (χ1) is 15.1. The normalized spacial score (nSPS) is 11.4. The van der Waals surface area contributed by atoms with Gasteiger partial charge in [-0.05, 0) is 41.8 Å². The van der Waals surface area contributed by atoms with Crippen LogP contribution in [0.1, 0.15) is 23.6 Å². The van der Waals surface area contributed by atoms with E-state index in [0.717, 1.165) is 22.4 Å². The van der Waals surface area contributed by atoms with Gasteiger partial charge in [0.1, 0.15) is 11.8 Å². The Balaban J connectivity index is 1.73. The molecule has 2 aromatic carbocycles. The molecule has 0 aliphatic carbocycles. The predicted octanol–water partition coefficient (Wildman–Crippen LogP) is 3.37. The van der Waals surface area contributed by atoms with Crippen LogP contribution in [-0.2, 0) is 29.1 Å². The van der Waals surface area contributed by atoms with Crippen LogP contribution >= 0.6 is 0 Å². The molecule has 1 heterocycles. The fourth-order valence-electron chi connectivity index (χ4n) is 3.22. The molecular formula is C25H27N3O3. The van der Waals surface area contributed by atoms with Crippen LogP contribution in [-0.4, -0.2) is 34.8 Å². The number of ether oxygens (including phenoxy) is 1. The fourth-order valence-corrected chi connectivity index (χ4v) is 3.22. The van der Waals surface area contributed by atoms with E-state index >= 15 is 0 Å².